The van der Waals surface area contributed by atoms with Gasteiger partial charge in [-0.2, -0.15) is 5.26 Å². The number of β-amino-alcohol motifs (C(OH)–C–C–N with tert-alkyl or cyclic N) is 1. The van der Waals surface area contributed by atoms with E-state index in [1.807, 2.05) is 42.5 Å². The Hall–Kier alpha value is -4.50. The third kappa shape index (κ3) is 7.12. The summed E-state index contributed by atoms with van der Waals surface area (Å²) in [6, 6.07) is 18.2. The molecule has 4 aromatic rings. The molecule has 40 heavy (non-hydrogen) atoms. The molecule has 11 heteroatoms. The number of H-pyrrole nitrogens is 1. The molecule has 208 valence electrons. The van der Waals surface area contributed by atoms with Gasteiger partial charge >= 0.3 is 11.9 Å². The van der Waals surface area contributed by atoms with Crippen molar-refractivity contribution in [3.8, 4) is 11.8 Å². The number of rotatable bonds is 7. The number of ether oxygens (including phenoxy) is 1. The van der Waals surface area contributed by atoms with Gasteiger partial charge in [0.05, 0.1) is 30.4 Å². The minimum atomic E-state index is -1.82. The monoisotopic (exact) mass is 545 g/mol. The van der Waals surface area contributed by atoms with Gasteiger partial charge in [-0.25, -0.2) is 9.59 Å². The molecule has 0 amide bonds. The van der Waals surface area contributed by atoms with E-state index in [9.17, 15) is 5.11 Å². The second-order valence-electron chi connectivity index (χ2n) is 9.57. The van der Waals surface area contributed by atoms with E-state index >= 15 is 0 Å². The number of nitriles is 1. The first-order chi connectivity index (χ1) is 19.3. The summed E-state index contributed by atoms with van der Waals surface area (Å²) in [5.41, 5.74) is 4.55. The molecule has 3 heterocycles. The maximum absolute atomic E-state index is 11.0. The Bertz CT molecular complexity index is 1530. The molecule has 11 nitrogen and oxygen atoms in total. The molecular weight excluding hydrogens is 514 g/mol. The van der Waals surface area contributed by atoms with Crippen molar-refractivity contribution in [3.63, 3.8) is 0 Å². The van der Waals surface area contributed by atoms with Gasteiger partial charge in [0, 0.05) is 41.9 Å². The van der Waals surface area contributed by atoms with Crippen LogP contribution in [0, 0.1) is 11.3 Å². The molecule has 1 aliphatic heterocycles. The van der Waals surface area contributed by atoms with Crippen LogP contribution in [0.4, 0.5) is 0 Å². The van der Waals surface area contributed by atoms with Crippen molar-refractivity contribution >= 4 is 33.7 Å². The molecule has 1 fully saturated rings. The van der Waals surface area contributed by atoms with Gasteiger partial charge in [0.1, 0.15) is 5.75 Å². The van der Waals surface area contributed by atoms with Gasteiger partial charge in [0.25, 0.3) is 0 Å². The number of methoxy groups -OCH3 is 1. The highest BCUT2D eigenvalue weighted by molar-refractivity contribution is 6.27. The minimum Gasteiger partial charge on any atom is -0.497 e. The van der Waals surface area contributed by atoms with Gasteiger partial charge in [0.15, 0.2) is 0 Å². The summed E-state index contributed by atoms with van der Waals surface area (Å²) < 4.78 is 5.36. The number of fused-ring (bicyclic) bond motifs is 2. The SMILES string of the molecule is COc1ccc2nccc([C@@H](O)CN3CCC(NCc4cc5ccc(C#N)cc5[nH]4)CC3)c2c1.O=C(O)C(=O)O. The van der Waals surface area contributed by atoms with Crippen LogP contribution in [-0.2, 0) is 16.1 Å². The lowest BCUT2D eigenvalue weighted by Gasteiger charge is -2.33. The average Bonchev–Trinajstić information content (AvgIpc) is 3.38. The number of likely N-dealkylation sites (tertiary alicyclic amines) is 1. The molecule has 0 saturated carbocycles. The highest BCUT2D eigenvalue weighted by Gasteiger charge is 2.22. The van der Waals surface area contributed by atoms with Crippen molar-refractivity contribution in [3.05, 3.63) is 71.5 Å². The number of nitrogens with zero attached hydrogens (tertiary/aromatic N) is 3. The summed E-state index contributed by atoms with van der Waals surface area (Å²) in [6.07, 6.45) is 3.26. The van der Waals surface area contributed by atoms with Crippen LogP contribution in [0.2, 0.25) is 0 Å². The molecule has 1 aliphatic rings. The molecular formula is C29H31N5O6. The number of carboxylic acid groups (broad SMARTS) is 2. The fraction of sp³-hybridized carbons (Fsp3) is 0.310. The van der Waals surface area contributed by atoms with E-state index in [1.54, 1.807) is 13.3 Å². The van der Waals surface area contributed by atoms with E-state index in [1.165, 1.54) is 0 Å². The second kappa shape index (κ2) is 13.0. The predicted octanol–water partition coefficient (Wildman–Crippen LogP) is 3.04. The molecule has 1 atom stereocenters. The number of hydrogen-bond acceptors (Lipinski definition) is 8. The Morgan fingerprint density at radius 1 is 1.15 bits per heavy atom. The highest BCUT2D eigenvalue weighted by Crippen LogP contribution is 2.28. The van der Waals surface area contributed by atoms with E-state index in [0.717, 1.165) is 71.3 Å². The molecule has 5 rings (SSSR count). The fourth-order valence-corrected chi connectivity index (χ4v) is 4.83. The summed E-state index contributed by atoms with van der Waals surface area (Å²) in [5.74, 6) is -2.88. The first-order valence-corrected chi connectivity index (χ1v) is 12.8. The number of hydrogen-bond donors (Lipinski definition) is 5. The van der Waals surface area contributed by atoms with Gasteiger partial charge < -0.3 is 35.3 Å². The molecule has 2 aromatic carbocycles. The summed E-state index contributed by atoms with van der Waals surface area (Å²) in [5, 5.41) is 40.6. The Labute approximate surface area is 230 Å². The lowest BCUT2D eigenvalue weighted by molar-refractivity contribution is -0.159. The molecule has 0 bridgehead atoms. The second-order valence-corrected chi connectivity index (χ2v) is 9.57. The third-order valence-electron chi connectivity index (χ3n) is 6.93. The van der Waals surface area contributed by atoms with E-state index in [4.69, 9.17) is 29.8 Å². The zero-order valence-corrected chi connectivity index (χ0v) is 22.0. The maximum atomic E-state index is 11.0. The number of benzene rings is 2. The van der Waals surface area contributed by atoms with Gasteiger partial charge in [-0.05, 0) is 79.3 Å². The maximum Gasteiger partial charge on any atom is 0.414 e. The molecule has 1 saturated heterocycles. The van der Waals surface area contributed by atoms with Gasteiger partial charge in [-0.15, -0.1) is 0 Å². The van der Waals surface area contributed by atoms with Gasteiger partial charge in [-0.3, -0.25) is 4.98 Å². The number of aliphatic hydroxyl groups is 1. The third-order valence-corrected chi connectivity index (χ3v) is 6.93. The number of aliphatic hydroxyl groups excluding tert-OH is 1. The van der Waals surface area contributed by atoms with E-state index in [0.29, 0.717) is 18.2 Å². The van der Waals surface area contributed by atoms with Crippen LogP contribution >= 0.6 is 0 Å². The van der Waals surface area contributed by atoms with Crippen LogP contribution in [0.5, 0.6) is 5.75 Å². The smallest absolute Gasteiger partial charge is 0.414 e. The number of aliphatic carboxylic acids is 2. The quantitative estimate of drug-likeness (QED) is 0.217. The molecule has 5 N–H and O–H groups in total. The number of pyridine rings is 1. The number of aromatic amines is 1. The Balaban J connectivity index is 0.000000557. The average molecular weight is 546 g/mol. The highest BCUT2D eigenvalue weighted by atomic mass is 16.5. The van der Waals surface area contributed by atoms with Crippen molar-refractivity contribution in [1.29, 1.82) is 5.26 Å². The summed E-state index contributed by atoms with van der Waals surface area (Å²) in [7, 11) is 1.65. The zero-order valence-electron chi connectivity index (χ0n) is 22.0. The minimum absolute atomic E-state index is 0.445. The summed E-state index contributed by atoms with van der Waals surface area (Å²) in [6.45, 7) is 3.26. The predicted molar refractivity (Wildman–Crippen MR) is 148 cm³/mol. The van der Waals surface area contributed by atoms with Crippen molar-refractivity contribution in [2.45, 2.75) is 31.5 Å². The van der Waals surface area contributed by atoms with E-state index in [2.05, 4.69) is 32.3 Å². The number of carbonyl (C=O) groups is 2. The van der Waals surface area contributed by atoms with Crippen molar-refractivity contribution in [1.82, 2.24) is 20.2 Å². The van der Waals surface area contributed by atoms with Crippen LogP contribution in [0.25, 0.3) is 21.8 Å². The normalized spacial score (nSPS) is 14.7. The molecule has 0 spiro atoms. The van der Waals surface area contributed by atoms with Crippen LogP contribution in [0.3, 0.4) is 0 Å². The summed E-state index contributed by atoms with van der Waals surface area (Å²) >= 11 is 0. The Kier molecular flexibility index (Phi) is 9.29. The number of piperidine rings is 1. The largest absolute Gasteiger partial charge is 0.497 e. The number of aromatic nitrogens is 2. The van der Waals surface area contributed by atoms with Crippen molar-refractivity contribution in [2.75, 3.05) is 26.7 Å². The Morgan fingerprint density at radius 2 is 1.90 bits per heavy atom. The fourth-order valence-electron chi connectivity index (χ4n) is 4.83. The molecule has 0 aliphatic carbocycles. The number of nitrogens with one attached hydrogen (secondary N) is 2. The van der Waals surface area contributed by atoms with Crippen molar-refractivity contribution < 1.29 is 29.6 Å². The van der Waals surface area contributed by atoms with Crippen LogP contribution in [0.15, 0.2) is 54.7 Å². The Morgan fingerprint density at radius 3 is 2.58 bits per heavy atom. The number of carboxylic acids is 2. The lowest BCUT2D eigenvalue weighted by atomic mass is 10.0. The van der Waals surface area contributed by atoms with Gasteiger partial charge in [-0.1, -0.05) is 6.07 Å². The molecule has 0 unspecified atom stereocenters. The van der Waals surface area contributed by atoms with Crippen molar-refractivity contribution in [2.24, 2.45) is 0 Å². The van der Waals surface area contributed by atoms with Crippen LogP contribution in [-0.4, -0.2) is 74.9 Å². The van der Waals surface area contributed by atoms with E-state index in [-0.39, 0.29) is 0 Å². The first-order valence-electron chi connectivity index (χ1n) is 12.8. The first kappa shape index (κ1) is 28.5. The lowest BCUT2D eigenvalue weighted by Crippen LogP contribution is -2.43. The summed E-state index contributed by atoms with van der Waals surface area (Å²) in [4.78, 5) is 28.4. The van der Waals surface area contributed by atoms with E-state index < -0.39 is 18.0 Å². The molecule has 2 aromatic heterocycles. The van der Waals surface area contributed by atoms with Crippen LogP contribution in [0.1, 0.15) is 35.8 Å². The van der Waals surface area contributed by atoms with Crippen LogP contribution < -0.4 is 10.1 Å². The standard InChI is InChI=1S/C27H29N5O2.C2H2O4/c1-34-22-4-5-25-24(14-22)23(6-9-29-25)27(33)17-32-10-7-20(8-11-32)30-16-21-13-19-3-2-18(15-28)12-26(19)31-21;3-1(4)2(5)6/h2-6,9,12-14,20,27,30-31,33H,7-8,10-11,16-17H2,1H3;(H,3,4)(H,5,6)/t27-;/m0./s1. The topological polar surface area (TPSA) is 172 Å². The zero-order chi connectivity index (χ0) is 28.6. The molecule has 0 radical (unpaired) electrons. The van der Waals surface area contributed by atoms with Gasteiger partial charge in [0.2, 0.25) is 0 Å².